The van der Waals surface area contributed by atoms with E-state index in [0.717, 1.165) is 11.1 Å². The van der Waals surface area contributed by atoms with Crippen LogP contribution in [0.1, 0.15) is 51.8 Å². The minimum Gasteiger partial charge on any atom is -0.543 e. The van der Waals surface area contributed by atoms with Gasteiger partial charge in [0.05, 0.1) is 24.7 Å². The Hall–Kier alpha value is -3.32. The van der Waals surface area contributed by atoms with Crippen LogP contribution in [0.25, 0.3) is 0 Å². The number of hydrogen-bond donors (Lipinski definition) is 0. The number of carbonyl (C=O) groups is 1. The molecule has 0 spiro atoms. The van der Waals surface area contributed by atoms with E-state index in [9.17, 15) is 20.0 Å². The largest absolute Gasteiger partial charge is 1.00 e. The van der Waals surface area contributed by atoms with Gasteiger partial charge in [0.15, 0.2) is 0 Å². The summed E-state index contributed by atoms with van der Waals surface area (Å²) < 4.78 is 6.24. The van der Waals surface area contributed by atoms with Crippen LogP contribution in [0.2, 0.25) is 0 Å². The van der Waals surface area contributed by atoms with Gasteiger partial charge in [-0.15, -0.1) is 0 Å². The second kappa shape index (κ2) is 10.1. The van der Waals surface area contributed by atoms with Gasteiger partial charge in [-0.3, -0.25) is 9.36 Å². The molecule has 3 rings (SSSR count). The molecular weight excluding hydrogens is 389 g/mol. The van der Waals surface area contributed by atoms with E-state index in [1.54, 1.807) is 12.1 Å². The van der Waals surface area contributed by atoms with Crippen molar-refractivity contribution in [2.45, 2.75) is 18.8 Å². The van der Waals surface area contributed by atoms with E-state index in [2.05, 4.69) is 11.1 Å². The molecule has 0 bridgehead atoms. The van der Waals surface area contributed by atoms with Crippen molar-refractivity contribution in [2.75, 3.05) is 7.11 Å². The quantitative estimate of drug-likeness (QED) is 0.482. The van der Waals surface area contributed by atoms with E-state index in [0.29, 0.717) is 5.56 Å². The molecule has 0 saturated heterocycles. The molecule has 0 aliphatic rings. The van der Waals surface area contributed by atoms with Crippen molar-refractivity contribution in [3.63, 3.8) is 0 Å². The minimum absolute atomic E-state index is 0. The van der Waals surface area contributed by atoms with Crippen LogP contribution < -0.4 is 34.3 Å². The predicted octanol–water partition coefficient (Wildman–Crippen LogP) is -1.04. The third-order valence-corrected chi connectivity index (χ3v) is 5.16. The van der Waals surface area contributed by atoms with Gasteiger partial charge < -0.3 is 14.6 Å². The number of nitriles is 1. The summed E-state index contributed by atoms with van der Waals surface area (Å²) in [6.07, 6.45) is 0. The topological polar surface area (TPSA) is 108 Å². The fraction of sp³-hybridized carbons (Fsp3) is 0.217. The Labute approximate surface area is 192 Å². The molecular formula is C23H20LiN3O4. The molecule has 8 heteroatoms. The SMILES string of the molecule is COc1c(C(=O)[O-])nc(C(C)C(c2ccccc2)c2ccccc2C#N)n(C)c1=O.[Li+]. The van der Waals surface area contributed by atoms with E-state index in [4.69, 9.17) is 4.74 Å². The van der Waals surface area contributed by atoms with Crippen LogP contribution in [0, 0.1) is 11.3 Å². The van der Waals surface area contributed by atoms with Crippen LogP contribution in [0.5, 0.6) is 5.75 Å². The number of hydrogen-bond acceptors (Lipinski definition) is 6. The minimum atomic E-state index is -1.59. The molecule has 152 valence electrons. The maximum atomic E-state index is 12.7. The monoisotopic (exact) mass is 409 g/mol. The summed E-state index contributed by atoms with van der Waals surface area (Å²) in [5.41, 5.74) is 1.01. The Kier molecular flexibility index (Phi) is 7.82. The number of ether oxygens (including phenoxy) is 1. The van der Waals surface area contributed by atoms with Crippen LogP contribution in [-0.4, -0.2) is 22.6 Å². The van der Waals surface area contributed by atoms with Gasteiger partial charge in [-0.1, -0.05) is 55.5 Å². The summed E-state index contributed by atoms with van der Waals surface area (Å²) in [4.78, 5) is 28.5. The normalized spacial score (nSPS) is 12.2. The van der Waals surface area contributed by atoms with Crippen molar-refractivity contribution >= 4 is 5.97 Å². The molecule has 1 heterocycles. The van der Waals surface area contributed by atoms with Crippen molar-refractivity contribution in [1.29, 1.82) is 5.26 Å². The third-order valence-electron chi connectivity index (χ3n) is 5.16. The first-order valence-electron chi connectivity index (χ1n) is 9.30. The molecule has 0 aliphatic carbocycles. The van der Waals surface area contributed by atoms with Gasteiger partial charge in [-0.2, -0.15) is 5.26 Å². The number of benzene rings is 2. The molecule has 0 fully saturated rings. The number of nitrogens with zero attached hydrogens (tertiary/aromatic N) is 3. The van der Waals surface area contributed by atoms with Crippen molar-refractivity contribution in [1.82, 2.24) is 9.55 Å². The summed E-state index contributed by atoms with van der Waals surface area (Å²) in [6.45, 7) is 1.85. The molecule has 31 heavy (non-hydrogen) atoms. The zero-order valence-electron chi connectivity index (χ0n) is 17.8. The van der Waals surface area contributed by atoms with Crippen LogP contribution >= 0.6 is 0 Å². The average molecular weight is 409 g/mol. The fourth-order valence-electron chi connectivity index (χ4n) is 3.74. The van der Waals surface area contributed by atoms with E-state index in [-0.39, 0.29) is 36.4 Å². The van der Waals surface area contributed by atoms with Crippen molar-refractivity contribution in [2.24, 2.45) is 7.05 Å². The second-order valence-electron chi connectivity index (χ2n) is 6.88. The van der Waals surface area contributed by atoms with E-state index in [1.807, 2.05) is 49.4 Å². The zero-order chi connectivity index (χ0) is 21.8. The molecule has 0 amide bonds. The Balaban J connectivity index is 0.00000341. The summed E-state index contributed by atoms with van der Waals surface area (Å²) in [5.74, 6) is -2.50. The fourth-order valence-corrected chi connectivity index (χ4v) is 3.74. The molecule has 7 nitrogen and oxygen atoms in total. The van der Waals surface area contributed by atoms with Crippen LogP contribution in [-0.2, 0) is 7.05 Å². The predicted molar refractivity (Wildman–Crippen MR) is 108 cm³/mol. The first-order valence-corrected chi connectivity index (χ1v) is 9.30. The Bertz CT molecular complexity index is 1190. The Morgan fingerprint density at radius 2 is 1.77 bits per heavy atom. The molecule has 0 radical (unpaired) electrons. The maximum absolute atomic E-state index is 12.7. The summed E-state index contributed by atoms with van der Waals surface area (Å²) >= 11 is 0. The summed E-state index contributed by atoms with van der Waals surface area (Å²) in [6, 6.07) is 18.9. The van der Waals surface area contributed by atoms with Crippen molar-refractivity contribution in [3.8, 4) is 11.8 Å². The first-order chi connectivity index (χ1) is 14.4. The van der Waals surface area contributed by atoms with Crippen LogP contribution in [0.15, 0.2) is 59.4 Å². The number of aromatic carboxylic acids is 1. The summed E-state index contributed by atoms with van der Waals surface area (Å²) in [7, 11) is 2.73. The molecule has 2 unspecified atom stereocenters. The van der Waals surface area contributed by atoms with Crippen molar-refractivity contribution < 1.29 is 33.5 Å². The summed E-state index contributed by atoms with van der Waals surface area (Å²) in [5, 5.41) is 21.2. The van der Waals surface area contributed by atoms with Gasteiger partial charge in [0.25, 0.3) is 5.56 Å². The molecule has 2 aromatic carbocycles. The number of methoxy groups -OCH3 is 1. The smallest absolute Gasteiger partial charge is 0.543 e. The van der Waals surface area contributed by atoms with Crippen molar-refractivity contribution in [3.05, 3.63) is 93.2 Å². The number of carboxylic acids is 1. The van der Waals surface area contributed by atoms with Crippen LogP contribution in [0.3, 0.4) is 0 Å². The average Bonchev–Trinajstić information content (AvgIpc) is 2.76. The Morgan fingerprint density at radius 3 is 2.35 bits per heavy atom. The third kappa shape index (κ3) is 4.56. The number of rotatable bonds is 6. The molecule has 1 aromatic heterocycles. The van der Waals surface area contributed by atoms with Crippen LogP contribution in [0.4, 0.5) is 0 Å². The molecule has 3 aromatic rings. The standard InChI is InChI=1S/C23H21N3O4.Li/c1-14(21-25-19(23(28)29)20(30-3)22(27)26(21)2)18(15-9-5-4-6-10-15)17-12-8-7-11-16(17)13-24;/h4-12,14,18H,1-3H3,(H,28,29);/q;+1/p-1. The van der Waals surface area contributed by atoms with Gasteiger partial charge in [-0.25, -0.2) is 4.98 Å². The van der Waals surface area contributed by atoms with Gasteiger partial charge in [0.1, 0.15) is 11.5 Å². The molecule has 0 N–H and O–H groups in total. The number of carbonyl (C=O) groups excluding carboxylic acids is 1. The zero-order valence-corrected chi connectivity index (χ0v) is 17.8. The van der Waals surface area contributed by atoms with Gasteiger partial charge in [0, 0.05) is 18.9 Å². The Morgan fingerprint density at radius 1 is 1.16 bits per heavy atom. The van der Waals surface area contributed by atoms with Gasteiger partial charge >= 0.3 is 18.9 Å². The van der Waals surface area contributed by atoms with E-state index >= 15 is 0 Å². The van der Waals surface area contributed by atoms with Gasteiger partial charge in [0.2, 0.25) is 5.75 Å². The van der Waals surface area contributed by atoms with Gasteiger partial charge in [-0.05, 0) is 17.2 Å². The molecule has 2 atom stereocenters. The maximum Gasteiger partial charge on any atom is 1.00 e. The molecule has 0 saturated carbocycles. The number of aromatic nitrogens is 2. The number of carboxylic acid groups (broad SMARTS) is 1. The molecule has 0 aliphatic heterocycles. The van der Waals surface area contributed by atoms with E-state index < -0.39 is 23.1 Å². The second-order valence-corrected chi connectivity index (χ2v) is 6.88. The first kappa shape index (κ1) is 24.0. The van der Waals surface area contributed by atoms with E-state index in [1.165, 1.54) is 18.7 Å².